The van der Waals surface area contributed by atoms with Crippen LogP contribution in [0.1, 0.15) is 5.82 Å². The van der Waals surface area contributed by atoms with Gasteiger partial charge in [0.25, 0.3) is 0 Å². The molecule has 0 bridgehead atoms. The fraction of sp³-hybridized carbons (Fsp3) is 0.400. The molecular weight excluding hydrogens is 166 g/mol. The normalized spacial score (nSPS) is 10.0. The molecular formula is C5H7N3O4. The van der Waals surface area contributed by atoms with Crippen LogP contribution in [0.5, 0.6) is 0 Å². The summed E-state index contributed by atoms with van der Waals surface area (Å²) in [5, 5.41) is 13.8. The third-order valence-corrected chi connectivity index (χ3v) is 1.01. The average Bonchev–Trinajstić information content (AvgIpc) is 2.35. The van der Waals surface area contributed by atoms with Gasteiger partial charge in [-0.05, 0) is 0 Å². The van der Waals surface area contributed by atoms with Gasteiger partial charge in [-0.25, -0.2) is 14.7 Å². The van der Waals surface area contributed by atoms with Gasteiger partial charge in [-0.15, -0.1) is 0 Å². The minimum atomic E-state index is -1.06. The highest BCUT2D eigenvalue weighted by molar-refractivity contribution is 5.67. The highest BCUT2D eigenvalue weighted by Gasteiger charge is 2.00. The first kappa shape index (κ1) is 8.47. The number of rotatable bonds is 4. The molecule has 66 valence electrons. The van der Waals surface area contributed by atoms with Gasteiger partial charge in [-0.1, -0.05) is 0 Å². The average molecular weight is 173 g/mol. The number of H-pyrrole nitrogens is 2. The van der Waals surface area contributed by atoms with Gasteiger partial charge in [0, 0.05) is 0 Å². The van der Waals surface area contributed by atoms with Crippen molar-refractivity contribution >= 4 is 5.97 Å². The van der Waals surface area contributed by atoms with E-state index in [9.17, 15) is 9.59 Å². The lowest BCUT2D eigenvalue weighted by Gasteiger charge is -1.94. The molecule has 0 radical (unpaired) electrons. The number of nitrogens with zero attached hydrogens (tertiary/aromatic N) is 1. The van der Waals surface area contributed by atoms with Crippen LogP contribution >= 0.6 is 0 Å². The first-order valence-electron chi connectivity index (χ1n) is 3.11. The Kier molecular flexibility index (Phi) is 2.59. The quantitative estimate of drug-likeness (QED) is 0.524. The molecule has 3 N–H and O–H groups in total. The summed E-state index contributed by atoms with van der Waals surface area (Å²) < 4.78 is 4.64. The number of hydrogen-bond acceptors (Lipinski definition) is 4. The van der Waals surface area contributed by atoms with Crippen molar-refractivity contribution in [1.29, 1.82) is 0 Å². The Balaban J connectivity index is 2.33. The predicted octanol–water partition coefficient (Wildman–Crippen LogP) is -1.30. The molecule has 0 aliphatic carbocycles. The van der Waals surface area contributed by atoms with Gasteiger partial charge in [0.05, 0.1) is 0 Å². The molecule has 0 saturated carbocycles. The van der Waals surface area contributed by atoms with E-state index in [1.165, 1.54) is 0 Å². The molecule has 0 aromatic carbocycles. The lowest BCUT2D eigenvalue weighted by atomic mass is 10.6. The summed E-state index contributed by atoms with van der Waals surface area (Å²) in [5.41, 5.74) is -0.441. The van der Waals surface area contributed by atoms with Crippen LogP contribution in [0, 0.1) is 0 Å². The van der Waals surface area contributed by atoms with E-state index in [2.05, 4.69) is 19.9 Å². The standard InChI is InChI=1S/C5H7N3O4/c9-4(10)2-12-1-3-6-5(11)8-7-3/h1-2H2,(H,9,10)(H2,6,7,8,11). The molecule has 0 amide bonds. The van der Waals surface area contributed by atoms with E-state index in [0.717, 1.165) is 0 Å². The second-order valence-electron chi connectivity index (χ2n) is 2.01. The first-order chi connectivity index (χ1) is 5.68. The van der Waals surface area contributed by atoms with Crippen molar-refractivity contribution in [3.8, 4) is 0 Å². The van der Waals surface area contributed by atoms with Crippen LogP contribution in [-0.4, -0.2) is 32.9 Å². The maximum Gasteiger partial charge on any atom is 0.340 e. The van der Waals surface area contributed by atoms with E-state index < -0.39 is 18.3 Å². The van der Waals surface area contributed by atoms with Gasteiger partial charge in [-0.3, -0.25) is 4.98 Å². The van der Waals surface area contributed by atoms with E-state index >= 15 is 0 Å². The minimum Gasteiger partial charge on any atom is -0.480 e. The summed E-state index contributed by atoms with van der Waals surface area (Å²) in [7, 11) is 0. The summed E-state index contributed by atoms with van der Waals surface area (Å²) in [5.74, 6) is -0.783. The molecule has 7 nitrogen and oxygen atoms in total. The molecule has 0 aliphatic rings. The monoisotopic (exact) mass is 173 g/mol. The van der Waals surface area contributed by atoms with E-state index in [-0.39, 0.29) is 12.4 Å². The molecule has 0 aliphatic heterocycles. The number of hydrogen-bond donors (Lipinski definition) is 3. The lowest BCUT2D eigenvalue weighted by Crippen LogP contribution is -2.08. The number of aromatic amines is 2. The van der Waals surface area contributed by atoms with E-state index in [1.54, 1.807) is 0 Å². The SMILES string of the molecule is O=C(O)COCc1n[nH]c(=O)[nH]1. The lowest BCUT2D eigenvalue weighted by molar-refractivity contribution is -0.142. The van der Waals surface area contributed by atoms with Gasteiger partial charge >= 0.3 is 11.7 Å². The van der Waals surface area contributed by atoms with Crippen molar-refractivity contribution in [2.75, 3.05) is 6.61 Å². The third-order valence-electron chi connectivity index (χ3n) is 1.01. The predicted molar refractivity (Wildman–Crippen MR) is 36.5 cm³/mol. The van der Waals surface area contributed by atoms with Gasteiger partial charge in [0.1, 0.15) is 13.2 Å². The molecule has 0 saturated heterocycles. The Bertz CT molecular complexity index is 314. The molecule has 7 heteroatoms. The molecule has 0 atom stereocenters. The topological polar surface area (TPSA) is 108 Å². The van der Waals surface area contributed by atoms with Crippen LogP contribution in [0.15, 0.2) is 4.79 Å². The maximum atomic E-state index is 10.4. The number of aromatic nitrogens is 3. The fourth-order valence-corrected chi connectivity index (χ4v) is 0.609. The van der Waals surface area contributed by atoms with Gasteiger partial charge < -0.3 is 9.84 Å². The number of carboxylic acids is 1. The first-order valence-corrected chi connectivity index (χ1v) is 3.11. The molecule has 0 fully saturated rings. The second kappa shape index (κ2) is 3.67. The molecule has 1 aromatic heterocycles. The van der Waals surface area contributed by atoms with E-state index in [1.807, 2.05) is 0 Å². The Morgan fingerprint density at radius 2 is 2.42 bits per heavy atom. The van der Waals surface area contributed by atoms with Crippen molar-refractivity contribution in [1.82, 2.24) is 15.2 Å². The van der Waals surface area contributed by atoms with E-state index in [4.69, 9.17) is 5.11 Å². The highest BCUT2D eigenvalue weighted by atomic mass is 16.5. The highest BCUT2D eigenvalue weighted by Crippen LogP contribution is 1.86. The van der Waals surface area contributed by atoms with Crippen LogP contribution in [0.25, 0.3) is 0 Å². The van der Waals surface area contributed by atoms with Crippen molar-refractivity contribution in [2.24, 2.45) is 0 Å². The van der Waals surface area contributed by atoms with Crippen LogP contribution in [0.2, 0.25) is 0 Å². The maximum absolute atomic E-state index is 10.4. The smallest absolute Gasteiger partial charge is 0.340 e. The largest absolute Gasteiger partial charge is 0.480 e. The number of carboxylic acid groups (broad SMARTS) is 1. The molecule has 1 aromatic rings. The summed E-state index contributed by atoms with van der Waals surface area (Å²) >= 11 is 0. The number of aliphatic carboxylic acids is 1. The zero-order valence-corrected chi connectivity index (χ0v) is 6.03. The molecule has 1 rings (SSSR count). The van der Waals surface area contributed by atoms with Crippen molar-refractivity contribution in [3.05, 3.63) is 16.3 Å². The van der Waals surface area contributed by atoms with Crippen LogP contribution in [0.4, 0.5) is 0 Å². The fourth-order valence-electron chi connectivity index (χ4n) is 0.609. The van der Waals surface area contributed by atoms with Crippen molar-refractivity contribution in [2.45, 2.75) is 6.61 Å². The Labute approximate surface area is 66.4 Å². The van der Waals surface area contributed by atoms with Crippen molar-refractivity contribution in [3.63, 3.8) is 0 Å². The minimum absolute atomic E-state index is 0.0228. The summed E-state index contributed by atoms with van der Waals surface area (Å²) in [6.07, 6.45) is 0. The van der Waals surface area contributed by atoms with Gasteiger partial charge in [0.15, 0.2) is 5.82 Å². The molecule has 0 unspecified atom stereocenters. The van der Waals surface area contributed by atoms with Gasteiger partial charge in [0.2, 0.25) is 0 Å². The Morgan fingerprint density at radius 3 is 2.92 bits per heavy atom. The summed E-state index contributed by atoms with van der Waals surface area (Å²) in [4.78, 5) is 22.7. The molecule has 12 heavy (non-hydrogen) atoms. The summed E-state index contributed by atoms with van der Waals surface area (Å²) in [6.45, 7) is -0.431. The van der Waals surface area contributed by atoms with Crippen LogP contribution in [-0.2, 0) is 16.1 Å². The van der Waals surface area contributed by atoms with Crippen molar-refractivity contribution < 1.29 is 14.6 Å². The number of ether oxygens (including phenoxy) is 1. The number of carbonyl (C=O) groups is 1. The zero-order valence-electron chi connectivity index (χ0n) is 6.03. The molecule has 0 spiro atoms. The van der Waals surface area contributed by atoms with Crippen LogP contribution < -0.4 is 5.69 Å². The van der Waals surface area contributed by atoms with E-state index in [0.29, 0.717) is 0 Å². The second-order valence-corrected chi connectivity index (χ2v) is 2.01. The van der Waals surface area contributed by atoms with Crippen LogP contribution in [0.3, 0.4) is 0 Å². The van der Waals surface area contributed by atoms with Gasteiger partial charge in [-0.2, -0.15) is 5.10 Å². The summed E-state index contributed by atoms with van der Waals surface area (Å²) in [6, 6.07) is 0. The Morgan fingerprint density at radius 1 is 1.67 bits per heavy atom. The molecule has 1 heterocycles. The number of nitrogens with one attached hydrogen (secondary N) is 2. The third kappa shape index (κ3) is 2.54. The zero-order chi connectivity index (χ0) is 8.97. The Hall–Kier alpha value is -1.63.